The number of rotatable bonds is 6. The molecule has 25 heavy (non-hydrogen) atoms. The molecule has 0 saturated heterocycles. The summed E-state index contributed by atoms with van der Waals surface area (Å²) in [5.41, 5.74) is -2.59. The van der Waals surface area contributed by atoms with E-state index in [9.17, 15) is 18.4 Å². The summed E-state index contributed by atoms with van der Waals surface area (Å²) >= 11 is 2.24. The van der Waals surface area contributed by atoms with Gasteiger partial charge in [0.05, 0.1) is 18.9 Å². The van der Waals surface area contributed by atoms with E-state index < -0.39 is 34.1 Å². The Morgan fingerprint density at radius 1 is 1.32 bits per heavy atom. The van der Waals surface area contributed by atoms with Crippen molar-refractivity contribution in [1.29, 1.82) is 0 Å². The molecular weight excluding hydrogens is 408 g/mol. The third-order valence-electron chi connectivity index (χ3n) is 3.93. The Labute approximate surface area is 150 Å². The first-order valence-corrected chi connectivity index (χ1v) is 8.39. The maximum atomic E-state index is 13.8. The molecule has 2 rings (SSSR count). The first-order valence-electron chi connectivity index (χ1n) is 7.59. The van der Waals surface area contributed by atoms with E-state index in [1.165, 1.54) is 7.11 Å². The summed E-state index contributed by atoms with van der Waals surface area (Å²) in [6.07, 6.45) is -1.49. The van der Waals surface area contributed by atoms with Crippen molar-refractivity contribution in [3.05, 3.63) is 11.4 Å². The van der Waals surface area contributed by atoms with E-state index in [2.05, 4.69) is 26.2 Å². The summed E-state index contributed by atoms with van der Waals surface area (Å²) in [6, 6.07) is 0. The molecule has 140 valence electrons. The molecule has 0 saturated carbocycles. The van der Waals surface area contributed by atoms with Gasteiger partial charge in [-0.1, -0.05) is 5.21 Å². The first-order chi connectivity index (χ1) is 11.7. The fraction of sp³-hybridized carbons (Fsp3) is 0.714. The number of hydrogen-bond donors (Lipinski definition) is 0. The minimum absolute atomic E-state index is 0.0244. The van der Waals surface area contributed by atoms with Gasteiger partial charge in [0.15, 0.2) is 17.3 Å². The van der Waals surface area contributed by atoms with Crippen LogP contribution in [0.1, 0.15) is 37.9 Å². The van der Waals surface area contributed by atoms with Crippen LogP contribution in [0, 0.1) is 5.41 Å². The molecule has 8 nitrogen and oxygen atoms in total. The largest absolute Gasteiger partial charge is 0.465 e. The summed E-state index contributed by atoms with van der Waals surface area (Å²) < 4.78 is 44.0. The number of halogens is 3. The highest BCUT2D eigenvalue weighted by Gasteiger charge is 2.56. The Kier molecular flexibility index (Phi) is 5.77. The van der Waals surface area contributed by atoms with E-state index in [-0.39, 0.29) is 31.7 Å². The molecule has 1 aromatic heterocycles. The number of carbonyl (C=O) groups is 2. The van der Waals surface area contributed by atoms with Gasteiger partial charge in [-0.15, -0.1) is 5.10 Å². The summed E-state index contributed by atoms with van der Waals surface area (Å²) in [4.78, 5) is 21.6. The Morgan fingerprint density at radius 3 is 2.32 bits per heavy atom. The van der Waals surface area contributed by atoms with Crippen molar-refractivity contribution in [2.24, 2.45) is 5.41 Å². The number of nitrogens with zero attached hydrogens (tertiary/aromatic N) is 3. The van der Waals surface area contributed by atoms with E-state index in [0.29, 0.717) is 0 Å². The van der Waals surface area contributed by atoms with Crippen molar-refractivity contribution >= 4 is 27.9 Å². The Morgan fingerprint density at radius 2 is 1.88 bits per heavy atom. The van der Waals surface area contributed by atoms with Gasteiger partial charge < -0.3 is 14.2 Å². The molecule has 1 aromatic rings. The first kappa shape index (κ1) is 19.7. The summed E-state index contributed by atoms with van der Waals surface area (Å²) in [5.74, 6) is -1.71. The van der Waals surface area contributed by atoms with Crippen LogP contribution in [0.3, 0.4) is 0 Å². The topological polar surface area (TPSA) is 92.5 Å². The molecule has 1 aliphatic heterocycles. The molecule has 0 fully saturated rings. The van der Waals surface area contributed by atoms with Crippen molar-refractivity contribution < 1.29 is 32.6 Å². The van der Waals surface area contributed by atoms with Crippen LogP contribution in [0.5, 0.6) is 0 Å². The third-order valence-corrected chi connectivity index (χ3v) is 4.30. The fourth-order valence-electron chi connectivity index (χ4n) is 2.79. The second-order valence-electron chi connectivity index (χ2n) is 5.42. The number of alkyl halides is 3. The lowest BCUT2D eigenvalue weighted by Crippen LogP contribution is -2.49. The van der Waals surface area contributed by atoms with Gasteiger partial charge in [-0.2, -0.15) is 8.78 Å². The number of hydrogen-bond acceptors (Lipinski definition) is 7. The normalized spacial score (nSPS) is 19.2. The minimum Gasteiger partial charge on any atom is -0.465 e. The molecule has 0 amide bonds. The van der Waals surface area contributed by atoms with Gasteiger partial charge in [-0.05, 0) is 29.8 Å². The highest BCUT2D eigenvalue weighted by Crippen LogP contribution is 2.45. The Bertz CT molecular complexity index is 643. The Balaban J connectivity index is 2.58. The van der Waals surface area contributed by atoms with Gasteiger partial charge in [-0.25, -0.2) is 4.68 Å². The van der Waals surface area contributed by atoms with Crippen LogP contribution in [-0.2, 0) is 35.1 Å². The number of aromatic nitrogens is 3. The van der Waals surface area contributed by atoms with Crippen LogP contribution in [-0.4, -0.2) is 47.3 Å². The van der Waals surface area contributed by atoms with Gasteiger partial charge in [0.2, 0.25) is 0 Å². The summed E-state index contributed by atoms with van der Waals surface area (Å²) in [5, 5.41) is 7.15. The van der Waals surface area contributed by atoms with Crippen molar-refractivity contribution in [1.82, 2.24) is 15.0 Å². The minimum atomic E-state index is -3.48. The number of esters is 2. The average molecular weight is 426 g/mol. The molecule has 0 aromatic carbocycles. The van der Waals surface area contributed by atoms with E-state index in [0.717, 1.165) is 4.68 Å². The average Bonchev–Trinajstić information content (AvgIpc) is 2.98. The number of fused-ring (bicyclic) bond motifs is 1. The second-order valence-corrected chi connectivity index (χ2v) is 6.42. The van der Waals surface area contributed by atoms with Gasteiger partial charge in [0, 0.05) is 20.0 Å². The molecule has 0 N–H and O–H groups in total. The zero-order chi connectivity index (χ0) is 18.8. The lowest BCUT2D eigenvalue weighted by Gasteiger charge is -2.36. The molecule has 0 spiro atoms. The number of carbonyl (C=O) groups excluding carboxylic acids is 2. The molecule has 0 aliphatic carbocycles. The van der Waals surface area contributed by atoms with Crippen molar-refractivity contribution in [3.8, 4) is 0 Å². The molecule has 1 atom stereocenters. The molecule has 1 unspecified atom stereocenters. The maximum absolute atomic E-state index is 13.8. The van der Waals surface area contributed by atoms with Crippen LogP contribution < -0.4 is 0 Å². The molecule has 2 heterocycles. The van der Waals surface area contributed by atoms with Crippen LogP contribution >= 0.6 is 15.9 Å². The second kappa shape index (κ2) is 7.32. The van der Waals surface area contributed by atoms with Crippen LogP contribution in [0.15, 0.2) is 0 Å². The van der Waals surface area contributed by atoms with Crippen LogP contribution in [0.4, 0.5) is 8.78 Å². The molecule has 0 radical (unpaired) electrons. The van der Waals surface area contributed by atoms with E-state index in [1.54, 1.807) is 13.8 Å². The van der Waals surface area contributed by atoms with Crippen LogP contribution in [0.2, 0.25) is 0 Å². The predicted molar refractivity (Wildman–Crippen MR) is 82.9 cm³/mol. The third kappa shape index (κ3) is 3.52. The summed E-state index contributed by atoms with van der Waals surface area (Å²) in [6.45, 7) is 3.21. The van der Waals surface area contributed by atoms with E-state index in [4.69, 9.17) is 14.2 Å². The van der Waals surface area contributed by atoms with E-state index in [1.807, 2.05) is 0 Å². The van der Waals surface area contributed by atoms with Crippen molar-refractivity contribution in [2.45, 2.75) is 37.7 Å². The molecular formula is C14H18BrF2N3O5. The fourth-order valence-corrected chi connectivity index (χ4v) is 3.10. The van der Waals surface area contributed by atoms with Crippen molar-refractivity contribution in [3.63, 3.8) is 0 Å². The van der Waals surface area contributed by atoms with Gasteiger partial charge in [-0.3, -0.25) is 9.59 Å². The van der Waals surface area contributed by atoms with E-state index >= 15 is 0 Å². The predicted octanol–water partition coefficient (Wildman–Crippen LogP) is 1.93. The highest BCUT2D eigenvalue weighted by molar-refractivity contribution is 9.09. The monoisotopic (exact) mass is 425 g/mol. The maximum Gasteiger partial charge on any atom is 0.346 e. The smallest absolute Gasteiger partial charge is 0.346 e. The molecule has 11 heteroatoms. The van der Waals surface area contributed by atoms with Crippen molar-refractivity contribution in [2.75, 3.05) is 20.3 Å². The standard InChI is InChI=1S/C14H18BrF2N3O5/c1-4-24-11(21)13(12(22)25-5-2)6-8-10(14(15,16)17)18-19-20(8)9(7-13)23-3/h9H,4-7H2,1-3H3. The highest BCUT2D eigenvalue weighted by atomic mass is 79.9. The lowest BCUT2D eigenvalue weighted by atomic mass is 9.76. The van der Waals surface area contributed by atoms with Gasteiger partial charge >= 0.3 is 16.8 Å². The lowest BCUT2D eigenvalue weighted by molar-refractivity contribution is -0.179. The SMILES string of the molecule is CCOC(=O)C1(C(=O)OCC)Cc2c(C(F)(F)Br)nnn2C(OC)C1. The number of methoxy groups -OCH3 is 1. The van der Waals surface area contributed by atoms with Gasteiger partial charge in [0.1, 0.15) is 0 Å². The summed E-state index contributed by atoms with van der Waals surface area (Å²) in [7, 11) is 1.31. The quantitative estimate of drug-likeness (QED) is 0.390. The zero-order valence-corrected chi connectivity index (χ0v) is 15.5. The zero-order valence-electron chi connectivity index (χ0n) is 13.9. The van der Waals surface area contributed by atoms with Crippen LogP contribution in [0.25, 0.3) is 0 Å². The Hall–Kier alpha value is -1.62. The molecule has 0 bridgehead atoms. The molecule has 1 aliphatic rings. The van der Waals surface area contributed by atoms with Gasteiger partial charge in [0.25, 0.3) is 0 Å². The number of ether oxygens (including phenoxy) is 3.